The van der Waals surface area contributed by atoms with Crippen molar-refractivity contribution >= 4 is 36.7 Å². The minimum absolute atomic E-state index is 0.00496. The van der Waals surface area contributed by atoms with Crippen molar-refractivity contribution in [1.82, 2.24) is 10.2 Å². The van der Waals surface area contributed by atoms with E-state index >= 15 is 0 Å². The van der Waals surface area contributed by atoms with Crippen molar-refractivity contribution < 1.29 is 23.5 Å². The Morgan fingerprint density at radius 1 is 1.08 bits per heavy atom. The maximum absolute atomic E-state index is 14.8. The predicted molar refractivity (Wildman–Crippen MR) is 141 cm³/mol. The van der Waals surface area contributed by atoms with E-state index in [1.54, 1.807) is 36.3 Å². The number of ether oxygens (including phenoxy) is 1. The summed E-state index contributed by atoms with van der Waals surface area (Å²) in [6, 6.07) is 11.1. The molecule has 0 radical (unpaired) electrons. The first-order valence-corrected chi connectivity index (χ1v) is 15.7. The van der Waals surface area contributed by atoms with Gasteiger partial charge in [0.25, 0.3) is 5.91 Å². The number of anilines is 1. The lowest BCUT2D eigenvalue weighted by Gasteiger charge is -2.31. The first kappa shape index (κ1) is 27.5. The second kappa shape index (κ2) is 11.8. The molecule has 2 N–H and O–H groups in total. The van der Waals surface area contributed by atoms with Gasteiger partial charge in [-0.1, -0.05) is 50.0 Å². The lowest BCUT2D eigenvalue weighted by atomic mass is 9.94. The highest BCUT2D eigenvalue weighted by molar-refractivity contribution is 6.88. The molecule has 9 heteroatoms. The van der Waals surface area contributed by atoms with E-state index in [1.165, 1.54) is 13.0 Å². The van der Waals surface area contributed by atoms with E-state index < -0.39 is 20.0 Å². The Labute approximate surface area is 213 Å². The topological polar surface area (TPSA) is 87.7 Å². The van der Waals surface area contributed by atoms with Crippen molar-refractivity contribution in [3.8, 4) is 0 Å². The van der Waals surface area contributed by atoms with Crippen molar-refractivity contribution in [1.29, 1.82) is 0 Å². The Bertz CT molecular complexity index is 1090. The molecule has 0 aromatic heterocycles. The van der Waals surface area contributed by atoms with Gasteiger partial charge >= 0.3 is 0 Å². The molecule has 1 aliphatic rings. The van der Waals surface area contributed by atoms with Crippen LogP contribution in [0.5, 0.6) is 0 Å². The first-order valence-electron chi connectivity index (χ1n) is 12.2. The Balaban J connectivity index is 1.80. The molecule has 0 aliphatic carbocycles. The molecule has 0 saturated carbocycles. The molecule has 2 aromatic carbocycles. The Morgan fingerprint density at radius 3 is 2.25 bits per heavy atom. The van der Waals surface area contributed by atoms with Crippen LogP contribution in [0.2, 0.25) is 19.6 Å². The molecular weight excluding hydrogens is 477 g/mol. The molecule has 1 atom stereocenters. The normalized spacial score (nSPS) is 15.3. The van der Waals surface area contributed by atoms with Crippen LogP contribution in [0.1, 0.15) is 36.9 Å². The molecule has 1 heterocycles. The quantitative estimate of drug-likeness (QED) is 0.529. The molecule has 3 amide bonds. The standard InChI is InChI=1S/C27H36FN3O4Si/c1-18(32)31-14-12-21(13-15-31)26(33)30-25(20-8-6-19(7-9-20)17-35-2)27(34)29-22-10-11-24(23(28)16-22)36(3,4)5/h6-11,16,21,25H,12-15,17H2,1-5H3,(H,29,34)(H,30,33)/t25-/m1/s1. The van der Waals surface area contributed by atoms with Gasteiger partial charge < -0.3 is 20.3 Å². The SMILES string of the molecule is COCc1ccc([C@@H](NC(=O)C2CCN(C(C)=O)CC2)C(=O)Nc2ccc([Si](C)(C)C)c(F)c2)cc1. The number of rotatable bonds is 8. The van der Waals surface area contributed by atoms with Crippen LogP contribution in [0.25, 0.3) is 0 Å². The summed E-state index contributed by atoms with van der Waals surface area (Å²) in [5, 5.41) is 6.36. The van der Waals surface area contributed by atoms with Crippen LogP contribution in [0.4, 0.5) is 10.1 Å². The third-order valence-electron chi connectivity index (χ3n) is 6.53. The number of nitrogens with zero attached hydrogens (tertiary/aromatic N) is 1. The third-order valence-corrected chi connectivity index (χ3v) is 8.55. The Hall–Kier alpha value is -3.04. The molecule has 2 aromatic rings. The molecular formula is C27H36FN3O4Si. The van der Waals surface area contributed by atoms with E-state index in [2.05, 4.69) is 30.3 Å². The van der Waals surface area contributed by atoms with Crippen LogP contribution >= 0.6 is 0 Å². The molecule has 7 nitrogen and oxygen atoms in total. The summed E-state index contributed by atoms with van der Waals surface area (Å²) >= 11 is 0. The van der Waals surface area contributed by atoms with Gasteiger partial charge in [-0.2, -0.15) is 0 Å². The lowest BCUT2D eigenvalue weighted by molar-refractivity contribution is -0.134. The zero-order chi connectivity index (χ0) is 26.5. The summed E-state index contributed by atoms with van der Waals surface area (Å²) in [7, 11) is -0.255. The van der Waals surface area contributed by atoms with Crippen molar-refractivity contribution in [2.45, 2.75) is 52.1 Å². The summed E-state index contributed by atoms with van der Waals surface area (Å²) < 4.78 is 19.9. The number of carbonyl (C=O) groups excluding carboxylic acids is 3. The van der Waals surface area contributed by atoms with Crippen molar-refractivity contribution in [3.63, 3.8) is 0 Å². The van der Waals surface area contributed by atoms with E-state index in [4.69, 9.17) is 4.74 Å². The molecule has 3 rings (SSSR count). The maximum atomic E-state index is 14.8. The zero-order valence-electron chi connectivity index (χ0n) is 21.7. The van der Waals surface area contributed by atoms with Gasteiger partial charge in [0.05, 0.1) is 14.7 Å². The minimum atomic E-state index is -1.86. The number of hydrogen-bond acceptors (Lipinski definition) is 4. The van der Waals surface area contributed by atoms with Crippen LogP contribution in [0, 0.1) is 11.7 Å². The fraction of sp³-hybridized carbons (Fsp3) is 0.444. The predicted octanol–water partition coefficient (Wildman–Crippen LogP) is 3.57. The van der Waals surface area contributed by atoms with Crippen molar-refractivity contribution in [2.75, 3.05) is 25.5 Å². The summed E-state index contributed by atoms with van der Waals surface area (Å²) in [5.74, 6) is -1.33. The summed E-state index contributed by atoms with van der Waals surface area (Å²) in [4.78, 5) is 39.8. The van der Waals surface area contributed by atoms with Gasteiger partial charge in [-0.15, -0.1) is 0 Å². The monoisotopic (exact) mass is 513 g/mol. The van der Waals surface area contributed by atoms with Crippen LogP contribution in [-0.4, -0.2) is 50.9 Å². The highest BCUT2D eigenvalue weighted by Gasteiger charge is 2.30. The van der Waals surface area contributed by atoms with Crippen LogP contribution < -0.4 is 15.8 Å². The van der Waals surface area contributed by atoms with E-state index in [0.29, 0.717) is 49.0 Å². The fourth-order valence-electron chi connectivity index (χ4n) is 4.41. The molecule has 0 unspecified atom stereocenters. The van der Waals surface area contributed by atoms with Gasteiger partial charge in [0.15, 0.2) is 0 Å². The lowest BCUT2D eigenvalue weighted by Crippen LogP contribution is -2.45. The van der Waals surface area contributed by atoms with E-state index in [9.17, 15) is 18.8 Å². The Morgan fingerprint density at radius 2 is 1.72 bits per heavy atom. The summed E-state index contributed by atoms with van der Waals surface area (Å²) in [5.41, 5.74) is 1.89. The van der Waals surface area contributed by atoms with E-state index in [1.807, 2.05) is 12.1 Å². The van der Waals surface area contributed by atoms with Gasteiger partial charge in [0.2, 0.25) is 11.8 Å². The second-order valence-electron chi connectivity index (χ2n) is 10.3. The molecule has 1 saturated heterocycles. The van der Waals surface area contributed by atoms with Gasteiger partial charge in [-0.25, -0.2) is 4.39 Å². The maximum Gasteiger partial charge on any atom is 0.251 e. The number of methoxy groups -OCH3 is 1. The summed E-state index contributed by atoms with van der Waals surface area (Å²) in [6.07, 6.45) is 1.08. The highest BCUT2D eigenvalue weighted by atomic mass is 28.3. The van der Waals surface area contributed by atoms with Crippen molar-refractivity contribution in [3.05, 3.63) is 59.4 Å². The van der Waals surface area contributed by atoms with Gasteiger partial charge in [-0.05, 0) is 41.3 Å². The number of likely N-dealkylation sites (tertiary alicyclic amines) is 1. The van der Waals surface area contributed by atoms with Crippen molar-refractivity contribution in [2.24, 2.45) is 5.92 Å². The number of nitrogens with one attached hydrogen (secondary N) is 2. The van der Waals surface area contributed by atoms with Gasteiger partial charge in [0.1, 0.15) is 11.9 Å². The number of halogens is 1. The molecule has 1 aliphatic heterocycles. The number of hydrogen-bond donors (Lipinski definition) is 2. The summed E-state index contributed by atoms with van der Waals surface area (Å²) in [6.45, 7) is 9.15. The number of piperidine rings is 1. The first-order chi connectivity index (χ1) is 17.0. The van der Waals surface area contributed by atoms with Gasteiger partial charge in [-0.3, -0.25) is 14.4 Å². The molecule has 0 spiro atoms. The number of amides is 3. The second-order valence-corrected chi connectivity index (χ2v) is 15.4. The zero-order valence-corrected chi connectivity index (χ0v) is 22.7. The van der Waals surface area contributed by atoms with Crippen LogP contribution in [0.15, 0.2) is 42.5 Å². The molecule has 194 valence electrons. The number of carbonyl (C=O) groups is 3. The van der Waals surface area contributed by atoms with Gasteiger partial charge in [0, 0.05) is 38.7 Å². The largest absolute Gasteiger partial charge is 0.380 e. The molecule has 36 heavy (non-hydrogen) atoms. The third kappa shape index (κ3) is 7.01. The number of benzene rings is 2. The van der Waals surface area contributed by atoms with Crippen LogP contribution in [-0.2, 0) is 25.7 Å². The average molecular weight is 514 g/mol. The van der Waals surface area contributed by atoms with Crippen LogP contribution in [0.3, 0.4) is 0 Å². The van der Waals surface area contributed by atoms with E-state index in [-0.39, 0.29) is 23.5 Å². The minimum Gasteiger partial charge on any atom is -0.380 e. The fourth-order valence-corrected chi connectivity index (χ4v) is 5.78. The Kier molecular flexibility index (Phi) is 9.02. The molecule has 0 bridgehead atoms. The molecule has 1 fully saturated rings. The van der Waals surface area contributed by atoms with E-state index in [0.717, 1.165) is 5.56 Å². The average Bonchev–Trinajstić information content (AvgIpc) is 2.82. The highest BCUT2D eigenvalue weighted by Crippen LogP contribution is 2.22. The smallest absolute Gasteiger partial charge is 0.251 e.